The maximum Gasteiger partial charge on any atom is 0.508 e. The molecule has 2 atom stereocenters. The van der Waals surface area contributed by atoms with Crippen molar-refractivity contribution in [2.24, 2.45) is 0 Å². The lowest BCUT2D eigenvalue weighted by Crippen LogP contribution is -2.19. The molecule has 0 saturated carbocycles. The molecule has 2 heterocycles. The van der Waals surface area contributed by atoms with Gasteiger partial charge in [-0.15, -0.1) is 0 Å². The van der Waals surface area contributed by atoms with Gasteiger partial charge in [-0.05, 0) is 0 Å². The molecule has 0 radical (unpaired) electrons. The fraction of sp³-hybridized carbons (Fsp3) is 0.300. The van der Waals surface area contributed by atoms with Crippen molar-refractivity contribution >= 4 is 24.2 Å². The first-order valence-electron chi connectivity index (χ1n) is 8.88. The van der Waals surface area contributed by atoms with Crippen LogP contribution >= 0.6 is 0 Å². The number of carbonyl (C=O) groups excluding carboxylic acids is 4. The van der Waals surface area contributed by atoms with Gasteiger partial charge in [0.25, 0.3) is 0 Å². The van der Waals surface area contributed by atoms with Gasteiger partial charge in [0.05, 0.1) is 0 Å². The molecule has 0 aromatic carbocycles. The summed E-state index contributed by atoms with van der Waals surface area (Å²) in [5.41, 5.74) is 0. The van der Waals surface area contributed by atoms with E-state index in [1.807, 2.05) is 0 Å². The Hall–Kier alpha value is -3.82. The van der Waals surface area contributed by atoms with Gasteiger partial charge in [0.2, 0.25) is 0 Å². The second-order valence-electron chi connectivity index (χ2n) is 5.73. The standard InChI is InChI=1S/C20H20O10/c21-17(25-11-15-13-27-19(23)29-15)9-7-5-3-1-2-4-6-8-10-18(22)26-12-16-14-28-20(24)30-16/h1-10,15-16H,11-14H2. The second kappa shape index (κ2) is 12.6. The SMILES string of the molecule is O=C(C=CC=CC=CC=CC=CC(=O)OCC1COC(=O)O1)OCC1COC(=O)O1. The van der Waals surface area contributed by atoms with E-state index in [0.29, 0.717) is 0 Å². The number of allylic oxidation sites excluding steroid dienone is 8. The number of rotatable bonds is 10. The van der Waals surface area contributed by atoms with Crippen molar-refractivity contribution in [2.75, 3.05) is 26.4 Å². The highest BCUT2D eigenvalue weighted by Gasteiger charge is 2.26. The van der Waals surface area contributed by atoms with Crippen LogP contribution in [0, 0.1) is 0 Å². The highest BCUT2D eigenvalue weighted by Crippen LogP contribution is 2.07. The fourth-order valence-electron chi connectivity index (χ4n) is 1.99. The van der Waals surface area contributed by atoms with Gasteiger partial charge >= 0.3 is 24.2 Å². The zero-order valence-electron chi connectivity index (χ0n) is 15.8. The Morgan fingerprint density at radius 1 is 0.700 bits per heavy atom. The van der Waals surface area contributed by atoms with Gasteiger partial charge in [0, 0.05) is 12.2 Å². The maximum absolute atomic E-state index is 11.5. The summed E-state index contributed by atoms with van der Waals surface area (Å²) < 4.78 is 28.4. The van der Waals surface area contributed by atoms with Crippen LogP contribution in [0.15, 0.2) is 60.8 Å². The van der Waals surface area contributed by atoms with Gasteiger partial charge < -0.3 is 28.4 Å². The number of esters is 2. The zero-order chi connectivity index (χ0) is 21.6. The molecule has 0 amide bonds. The van der Waals surface area contributed by atoms with E-state index in [1.54, 1.807) is 36.5 Å². The number of cyclic esters (lactones) is 4. The molecule has 0 N–H and O–H groups in total. The molecular formula is C20H20O10. The largest absolute Gasteiger partial charge is 0.508 e. The minimum Gasteiger partial charge on any atom is -0.458 e. The van der Waals surface area contributed by atoms with Crippen LogP contribution in [0.5, 0.6) is 0 Å². The third-order valence-electron chi connectivity index (χ3n) is 3.37. The summed E-state index contributed by atoms with van der Waals surface area (Å²) in [6.07, 6.45) is 12.8. The van der Waals surface area contributed by atoms with E-state index in [-0.39, 0.29) is 26.4 Å². The van der Waals surface area contributed by atoms with Crippen LogP contribution in [0.1, 0.15) is 0 Å². The average molecular weight is 420 g/mol. The zero-order valence-corrected chi connectivity index (χ0v) is 15.8. The lowest BCUT2D eigenvalue weighted by atomic mass is 10.3. The first-order chi connectivity index (χ1) is 14.5. The molecule has 0 aliphatic carbocycles. The molecule has 0 bridgehead atoms. The topological polar surface area (TPSA) is 124 Å². The second-order valence-corrected chi connectivity index (χ2v) is 5.73. The van der Waals surface area contributed by atoms with Crippen molar-refractivity contribution in [3.8, 4) is 0 Å². The Kier molecular flexibility index (Phi) is 9.44. The minimum absolute atomic E-state index is 0.0627. The van der Waals surface area contributed by atoms with E-state index in [0.717, 1.165) is 0 Å². The van der Waals surface area contributed by atoms with Crippen molar-refractivity contribution < 1.29 is 47.6 Å². The molecule has 2 aliphatic rings. The molecule has 2 saturated heterocycles. The quantitative estimate of drug-likeness (QED) is 0.224. The van der Waals surface area contributed by atoms with E-state index in [4.69, 9.17) is 18.9 Å². The predicted molar refractivity (Wildman–Crippen MR) is 100 cm³/mol. The Morgan fingerprint density at radius 3 is 1.40 bits per heavy atom. The fourth-order valence-corrected chi connectivity index (χ4v) is 1.99. The van der Waals surface area contributed by atoms with E-state index < -0.39 is 36.5 Å². The molecule has 0 aromatic rings. The molecule has 30 heavy (non-hydrogen) atoms. The summed E-state index contributed by atoms with van der Waals surface area (Å²) >= 11 is 0. The van der Waals surface area contributed by atoms with Gasteiger partial charge in [0.1, 0.15) is 26.4 Å². The lowest BCUT2D eigenvalue weighted by molar-refractivity contribution is -0.140. The summed E-state index contributed by atoms with van der Waals surface area (Å²) in [4.78, 5) is 44.3. The van der Waals surface area contributed by atoms with Crippen LogP contribution in [-0.2, 0) is 38.0 Å². The van der Waals surface area contributed by atoms with Crippen molar-refractivity contribution in [3.05, 3.63) is 60.8 Å². The molecule has 0 spiro atoms. The molecule has 10 heteroatoms. The normalized spacial score (nSPS) is 21.5. The molecule has 2 rings (SSSR count). The van der Waals surface area contributed by atoms with Crippen LogP contribution in [0.25, 0.3) is 0 Å². The maximum atomic E-state index is 11.5. The van der Waals surface area contributed by atoms with E-state index >= 15 is 0 Å². The predicted octanol–water partition coefficient (Wildman–Crippen LogP) is 1.92. The van der Waals surface area contributed by atoms with Crippen molar-refractivity contribution in [1.82, 2.24) is 0 Å². The monoisotopic (exact) mass is 420 g/mol. The summed E-state index contributed by atoms with van der Waals surface area (Å²) in [6, 6.07) is 0. The first-order valence-corrected chi connectivity index (χ1v) is 8.88. The summed E-state index contributed by atoms with van der Waals surface area (Å²) in [5, 5.41) is 0. The Balaban J connectivity index is 1.53. The Labute approximate surface area is 172 Å². The van der Waals surface area contributed by atoms with Crippen LogP contribution in [0.4, 0.5) is 9.59 Å². The summed E-state index contributed by atoms with van der Waals surface area (Å²) in [7, 11) is 0. The van der Waals surface area contributed by atoms with Gasteiger partial charge in [0.15, 0.2) is 12.2 Å². The minimum atomic E-state index is -0.769. The van der Waals surface area contributed by atoms with Gasteiger partial charge in [-0.3, -0.25) is 0 Å². The highest BCUT2D eigenvalue weighted by atomic mass is 16.8. The molecule has 160 valence electrons. The van der Waals surface area contributed by atoms with Crippen LogP contribution < -0.4 is 0 Å². The summed E-state index contributed by atoms with van der Waals surface area (Å²) in [6.45, 7) is 0.00847. The van der Waals surface area contributed by atoms with Crippen LogP contribution in [0.2, 0.25) is 0 Å². The Morgan fingerprint density at radius 2 is 1.07 bits per heavy atom. The van der Waals surface area contributed by atoms with Gasteiger partial charge in [-0.1, -0.05) is 48.6 Å². The molecule has 2 unspecified atom stereocenters. The lowest BCUT2D eigenvalue weighted by Gasteiger charge is -2.05. The average Bonchev–Trinajstić information content (AvgIpc) is 3.33. The molecule has 10 nitrogen and oxygen atoms in total. The van der Waals surface area contributed by atoms with Crippen molar-refractivity contribution in [3.63, 3.8) is 0 Å². The number of hydrogen-bond acceptors (Lipinski definition) is 10. The molecule has 0 aromatic heterocycles. The number of ether oxygens (including phenoxy) is 6. The van der Waals surface area contributed by atoms with E-state index in [9.17, 15) is 19.2 Å². The Bertz CT molecular complexity index is 710. The number of hydrogen-bond donors (Lipinski definition) is 0. The van der Waals surface area contributed by atoms with Crippen molar-refractivity contribution in [2.45, 2.75) is 12.2 Å². The number of carbonyl (C=O) groups is 4. The van der Waals surface area contributed by atoms with Gasteiger partial charge in [-0.25, -0.2) is 19.2 Å². The first kappa shape index (κ1) is 22.5. The third kappa shape index (κ3) is 9.40. The van der Waals surface area contributed by atoms with Gasteiger partial charge in [-0.2, -0.15) is 0 Å². The van der Waals surface area contributed by atoms with E-state index in [1.165, 1.54) is 24.3 Å². The van der Waals surface area contributed by atoms with Crippen molar-refractivity contribution in [1.29, 1.82) is 0 Å². The van der Waals surface area contributed by atoms with Crippen LogP contribution in [0.3, 0.4) is 0 Å². The molecular weight excluding hydrogens is 400 g/mol. The van der Waals surface area contributed by atoms with Crippen LogP contribution in [-0.4, -0.2) is 62.9 Å². The molecule has 2 fully saturated rings. The third-order valence-corrected chi connectivity index (χ3v) is 3.37. The smallest absolute Gasteiger partial charge is 0.458 e. The summed E-state index contributed by atoms with van der Waals surface area (Å²) in [5.74, 6) is -1.13. The van der Waals surface area contributed by atoms with E-state index in [2.05, 4.69) is 9.47 Å². The highest BCUT2D eigenvalue weighted by molar-refractivity contribution is 5.82. The molecule has 2 aliphatic heterocycles.